The molecular formula is C19H24N2O5. The van der Waals surface area contributed by atoms with Crippen molar-refractivity contribution in [3.05, 3.63) is 41.2 Å². The van der Waals surface area contributed by atoms with Gasteiger partial charge in [-0.05, 0) is 49.9 Å². The summed E-state index contributed by atoms with van der Waals surface area (Å²) >= 11 is 0. The van der Waals surface area contributed by atoms with Gasteiger partial charge in [0.25, 0.3) is 5.91 Å². The zero-order chi connectivity index (χ0) is 19.3. The fourth-order valence-corrected chi connectivity index (χ4v) is 2.47. The number of anilines is 1. The van der Waals surface area contributed by atoms with E-state index in [4.69, 9.17) is 14.0 Å². The van der Waals surface area contributed by atoms with Crippen LogP contribution < -0.4 is 10.1 Å². The summed E-state index contributed by atoms with van der Waals surface area (Å²) < 4.78 is 15.4. The number of amides is 1. The summed E-state index contributed by atoms with van der Waals surface area (Å²) in [5.74, 6) is 0.712. The third kappa shape index (κ3) is 5.34. The Morgan fingerprint density at radius 2 is 1.92 bits per heavy atom. The van der Waals surface area contributed by atoms with Crippen LogP contribution in [0.15, 0.2) is 28.8 Å². The number of hydrogen-bond donors (Lipinski definition) is 1. The van der Waals surface area contributed by atoms with Gasteiger partial charge in [-0.2, -0.15) is 0 Å². The molecule has 26 heavy (non-hydrogen) atoms. The van der Waals surface area contributed by atoms with Crippen molar-refractivity contribution in [2.75, 3.05) is 11.9 Å². The standard InChI is InChI=1S/C19H24N2O5/c1-11(2)16-7-6-15(8-12(16)3)24-10-18(22)25-14(5)19(23)20-17-9-13(4)26-21-17/h6-9,11,14H,10H2,1-5H3,(H,20,21,23)/t14-/m1/s1. The average molecular weight is 360 g/mol. The van der Waals surface area contributed by atoms with Gasteiger partial charge >= 0.3 is 5.97 Å². The first-order valence-electron chi connectivity index (χ1n) is 8.43. The molecule has 7 heteroatoms. The molecule has 1 aromatic heterocycles. The van der Waals surface area contributed by atoms with E-state index < -0.39 is 18.0 Å². The maximum Gasteiger partial charge on any atom is 0.344 e. The molecule has 0 spiro atoms. The Bertz CT molecular complexity index is 782. The first-order valence-corrected chi connectivity index (χ1v) is 8.43. The van der Waals surface area contributed by atoms with E-state index in [1.807, 2.05) is 25.1 Å². The van der Waals surface area contributed by atoms with Gasteiger partial charge in [-0.25, -0.2) is 4.79 Å². The maximum atomic E-state index is 12.0. The van der Waals surface area contributed by atoms with Crippen LogP contribution in [0.4, 0.5) is 5.82 Å². The summed E-state index contributed by atoms with van der Waals surface area (Å²) in [5, 5.41) is 6.15. The van der Waals surface area contributed by atoms with Gasteiger partial charge in [0.2, 0.25) is 0 Å². The van der Waals surface area contributed by atoms with E-state index in [-0.39, 0.29) is 12.4 Å². The van der Waals surface area contributed by atoms with Gasteiger partial charge < -0.3 is 19.3 Å². The molecule has 1 N–H and O–H groups in total. The number of nitrogens with zero attached hydrogens (tertiary/aromatic N) is 1. The van der Waals surface area contributed by atoms with Gasteiger partial charge in [-0.15, -0.1) is 0 Å². The van der Waals surface area contributed by atoms with E-state index in [9.17, 15) is 9.59 Å². The normalized spacial score (nSPS) is 11.9. The van der Waals surface area contributed by atoms with Crippen LogP contribution in [0.25, 0.3) is 0 Å². The molecule has 0 bridgehead atoms. The van der Waals surface area contributed by atoms with Crippen molar-refractivity contribution >= 4 is 17.7 Å². The van der Waals surface area contributed by atoms with Crippen LogP contribution in [0.1, 0.15) is 43.6 Å². The van der Waals surface area contributed by atoms with E-state index in [1.54, 1.807) is 13.0 Å². The molecule has 1 heterocycles. The Balaban J connectivity index is 1.82. The second kappa shape index (κ2) is 8.51. The van der Waals surface area contributed by atoms with Crippen LogP contribution in [-0.4, -0.2) is 29.7 Å². The lowest BCUT2D eigenvalue weighted by Crippen LogP contribution is -2.31. The van der Waals surface area contributed by atoms with Crippen LogP contribution >= 0.6 is 0 Å². The lowest BCUT2D eigenvalue weighted by Gasteiger charge is -2.14. The summed E-state index contributed by atoms with van der Waals surface area (Å²) in [6.45, 7) is 9.14. The smallest absolute Gasteiger partial charge is 0.344 e. The molecule has 0 aliphatic heterocycles. The summed E-state index contributed by atoms with van der Waals surface area (Å²) in [6, 6.07) is 7.25. The summed E-state index contributed by atoms with van der Waals surface area (Å²) in [4.78, 5) is 23.9. The van der Waals surface area contributed by atoms with Crippen molar-refractivity contribution < 1.29 is 23.6 Å². The number of rotatable bonds is 7. The number of aromatic nitrogens is 1. The molecule has 2 aromatic rings. The molecule has 0 unspecified atom stereocenters. The Labute approximate surface area is 152 Å². The highest BCUT2D eigenvalue weighted by atomic mass is 16.6. The van der Waals surface area contributed by atoms with Gasteiger partial charge in [0.15, 0.2) is 18.5 Å². The van der Waals surface area contributed by atoms with Crippen molar-refractivity contribution in [1.82, 2.24) is 5.16 Å². The van der Waals surface area contributed by atoms with Crippen LogP contribution in [0.5, 0.6) is 5.75 Å². The first-order chi connectivity index (χ1) is 12.3. The van der Waals surface area contributed by atoms with E-state index in [0.29, 0.717) is 17.4 Å². The molecule has 140 valence electrons. The monoisotopic (exact) mass is 360 g/mol. The van der Waals surface area contributed by atoms with E-state index in [0.717, 1.165) is 5.56 Å². The third-order valence-corrected chi connectivity index (χ3v) is 3.78. The lowest BCUT2D eigenvalue weighted by atomic mass is 9.98. The van der Waals surface area contributed by atoms with Crippen molar-refractivity contribution in [3.8, 4) is 5.75 Å². The van der Waals surface area contributed by atoms with Gasteiger partial charge in [-0.3, -0.25) is 4.79 Å². The Morgan fingerprint density at radius 3 is 2.50 bits per heavy atom. The van der Waals surface area contributed by atoms with Crippen LogP contribution in [-0.2, 0) is 14.3 Å². The molecule has 0 saturated heterocycles. The molecular weight excluding hydrogens is 336 g/mol. The molecule has 2 rings (SSSR count). The number of carbonyl (C=O) groups excluding carboxylic acids is 2. The number of esters is 1. The van der Waals surface area contributed by atoms with Gasteiger partial charge in [-0.1, -0.05) is 25.1 Å². The Hall–Kier alpha value is -2.83. The maximum absolute atomic E-state index is 12.0. The Morgan fingerprint density at radius 1 is 1.19 bits per heavy atom. The SMILES string of the molecule is Cc1cc(NC(=O)[C@@H](C)OC(=O)COc2ccc(C(C)C)c(C)c2)no1. The van der Waals surface area contributed by atoms with Gasteiger partial charge in [0.05, 0.1) is 0 Å². The van der Waals surface area contributed by atoms with Crippen LogP contribution in [0, 0.1) is 13.8 Å². The summed E-state index contributed by atoms with van der Waals surface area (Å²) in [5.41, 5.74) is 2.33. The van der Waals surface area contributed by atoms with E-state index in [1.165, 1.54) is 12.5 Å². The molecule has 0 radical (unpaired) electrons. The molecule has 0 fully saturated rings. The molecule has 0 saturated carbocycles. The molecule has 0 aliphatic carbocycles. The van der Waals surface area contributed by atoms with Crippen molar-refractivity contribution in [2.24, 2.45) is 0 Å². The number of hydrogen-bond acceptors (Lipinski definition) is 6. The minimum Gasteiger partial charge on any atom is -0.482 e. The summed E-state index contributed by atoms with van der Waals surface area (Å²) in [6.07, 6.45) is -0.979. The highest BCUT2D eigenvalue weighted by Crippen LogP contribution is 2.23. The number of carbonyl (C=O) groups is 2. The number of nitrogens with one attached hydrogen (secondary N) is 1. The Kier molecular flexibility index (Phi) is 6.38. The van der Waals surface area contributed by atoms with Crippen LogP contribution in [0.3, 0.4) is 0 Å². The largest absolute Gasteiger partial charge is 0.482 e. The minimum absolute atomic E-state index is 0.271. The van der Waals surface area contributed by atoms with Crippen molar-refractivity contribution in [2.45, 2.75) is 46.6 Å². The zero-order valence-corrected chi connectivity index (χ0v) is 15.7. The zero-order valence-electron chi connectivity index (χ0n) is 15.7. The molecule has 1 atom stereocenters. The number of aryl methyl sites for hydroxylation is 2. The number of ether oxygens (including phenoxy) is 2. The fourth-order valence-electron chi connectivity index (χ4n) is 2.47. The second-order valence-corrected chi connectivity index (χ2v) is 6.41. The highest BCUT2D eigenvalue weighted by Gasteiger charge is 2.19. The molecule has 1 aromatic carbocycles. The summed E-state index contributed by atoms with van der Waals surface area (Å²) in [7, 11) is 0. The predicted octanol–water partition coefficient (Wildman–Crippen LogP) is 3.36. The van der Waals surface area contributed by atoms with Gasteiger partial charge in [0, 0.05) is 6.07 Å². The quantitative estimate of drug-likeness (QED) is 0.761. The van der Waals surface area contributed by atoms with Crippen molar-refractivity contribution in [3.63, 3.8) is 0 Å². The van der Waals surface area contributed by atoms with Crippen molar-refractivity contribution in [1.29, 1.82) is 0 Å². The van der Waals surface area contributed by atoms with E-state index in [2.05, 4.69) is 24.3 Å². The number of benzene rings is 1. The molecule has 1 amide bonds. The van der Waals surface area contributed by atoms with E-state index >= 15 is 0 Å². The highest BCUT2D eigenvalue weighted by molar-refractivity contribution is 5.94. The average Bonchev–Trinajstić information content (AvgIpc) is 2.97. The third-order valence-electron chi connectivity index (χ3n) is 3.78. The van der Waals surface area contributed by atoms with Crippen LogP contribution in [0.2, 0.25) is 0 Å². The predicted molar refractivity (Wildman–Crippen MR) is 96.2 cm³/mol. The molecule has 7 nitrogen and oxygen atoms in total. The topological polar surface area (TPSA) is 90.7 Å². The van der Waals surface area contributed by atoms with Gasteiger partial charge in [0.1, 0.15) is 11.5 Å². The molecule has 0 aliphatic rings. The lowest BCUT2D eigenvalue weighted by molar-refractivity contribution is -0.155. The first kappa shape index (κ1) is 19.5. The minimum atomic E-state index is -0.979. The fraction of sp³-hybridized carbons (Fsp3) is 0.421. The second-order valence-electron chi connectivity index (χ2n) is 6.41.